The minimum Gasteiger partial charge on any atom is -0.271 e. The molecule has 2 nitrogen and oxygen atoms in total. The first-order valence-electron chi connectivity index (χ1n) is 5.77. The summed E-state index contributed by atoms with van der Waals surface area (Å²) in [6.07, 6.45) is 0. The lowest BCUT2D eigenvalue weighted by Crippen LogP contribution is -2.41. The van der Waals surface area contributed by atoms with Gasteiger partial charge < -0.3 is 0 Å². The molecule has 0 aliphatic carbocycles. The van der Waals surface area contributed by atoms with E-state index in [9.17, 15) is 8.78 Å². The largest absolute Gasteiger partial charge is 0.271 e. The van der Waals surface area contributed by atoms with Crippen molar-refractivity contribution in [3.63, 3.8) is 0 Å². The zero-order valence-electron chi connectivity index (χ0n) is 10.0. The number of halogens is 2. The maximum atomic E-state index is 13.8. The van der Waals surface area contributed by atoms with Crippen LogP contribution >= 0.6 is 23.5 Å². The van der Waals surface area contributed by atoms with E-state index in [1.807, 2.05) is 11.8 Å². The quantitative estimate of drug-likeness (QED) is 0.663. The lowest BCUT2D eigenvalue weighted by molar-refractivity contribution is 0.488. The second kappa shape index (κ2) is 6.23. The van der Waals surface area contributed by atoms with Crippen LogP contribution in [0.25, 0.3) is 0 Å². The molecular weight excluding hydrogens is 274 g/mol. The van der Waals surface area contributed by atoms with Crippen molar-refractivity contribution in [2.75, 3.05) is 11.5 Å². The lowest BCUT2D eigenvalue weighted by Gasteiger charge is -2.34. The number of hydrogen-bond acceptors (Lipinski definition) is 4. The Balaban J connectivity index is 2.26. The molecule has 3 unspecified atom stereocenters. The Labute approximate surface area is 114 Å². The number of rotatable bonds is 3. The molecule has 1 aliphatic rings. The van der Waals surface area contributed by atoms with Crippen LogP contribution < -0.4 is 11.3 Å². The van der Waals surface area contributed by atoms with Crippen molar-refractivity contribution in [2.24, 2.45) is 5.84 Å². The molecule has 6 heteroatoms. The summed E-state index contributed by atoms with van der Waals surface area (Å²) in [5.41, 5.74) is 3.12. The van der Waals surface area contributed by atoms with Gasteiger partial charge in [-0.05, 0) is 6.07 Å². The van der Waals surface area contributed by atoms with Gasteiger partial charge in [0.25, 0.3) is 0 Å². The summed E-state index contributed by atoms with van der Waals surface area (Å²) in [7, 11) is 0. The summed E-state index contributed by atoms with van der Waals surface area (Å²) in [6.45, 7) is 2.12. The summed E-state index contributed by atoms with van der Waals surface area (Å²) in [5, 5.41) is 0.572. The van der Waals surface area contributed by atoms with E-state index in [0.717, 1.165) is 17.6 Å². The van der Waals surface area contributed by atoms with Crippen molar-refractivity contribution in [2.45, 2.75) is 23.5 Å². The average molecular weight is 290 g/mol. The molecule has 0 radical (unpaired) electrons. The molecule has 0 amide bonds. The van der Waals surface area contributed by atoms with Crippen molar-refractivity contribution in [3.05, 3.63) is 35.4 Å². The standard InChI is InChI=1S/C12H16F2N2S2/c1-7-12(18-5-4-17-7)11(16-15)9-3-2-8(13)6-10(9)14/h2-3,6-7,11-12,16H,4-5,15H2,1H3. The molecule has 1 fully saturated rings. The van der Waals surface area contributed by atoms with Gasteiger partial charge in [-0.25, -0.2) is 8.78 Å². The Hall–Kier alpha value is -0.300. The highest BCUT2D eigenvalue weighted by molar-refractivity contribution is 8.07. The van der Waals surface area contributed by atoms with E-state index in [1.54, 1.807) is 11.8 Å². The lowest BCUT2D eigenvalue weighted by atomic mass is 10.0. The van der Waals surface area contributed by atoms with Crippen molar-refractivity contribution in [1.82, 2.24) is 5.43 Å². The van der Waals surface area contributed by atoms with E-state index in [1.165, 1.54) is 12.1 Å². The van der Waals surface area contributed by atoms with Crippen LogP contribution in [0.4, 0.5) is 8.78 Å². The van der Waals surface area contributed by atoms with Crippen molar-refractivity contribution < 1.29 is 8.78 Å². The number of benzene rings is 1. The molecule has 100 valence electrons. The van der Waals surface area contributed by atoms with Crippen molar-refractivity contribution in [1.29, 1.82) is 0 Å². The molecule has 0 aromatic heterocycles. The van der Waals surface area contributed by atoms with E-state index < -0.39 is 11.6 Å². The van der Waals surface area contributed by atoms with E-state index >= 15 is 0 Å². The van der Waals surface area contributed by atoms with Gasteiger partial charge in [-0.3, -0.25) is 11.3 Å². The van der Waals surface area contributed by atoms with Crippen LogP contribution in [-0.4, -0.2) is 22.0 Å². The molecule has 1 aromatic carbocycles. The van der Waals surface area contributed by atoms with E-state index in [0.29, 0.717) is 10.8 Å². The topological polar surface area (TPSA) is 38.0 Å². The molecule has 1 heterocycles. The zero-order chi connectivity index (χ0) is 13.1. The number of hydrazine groups is 1. The van der Waals surface area contributed by atoms with Gasteiger partial charge in [-0.15, -0.1) is 0 Å². The van der Waals surface area contributed by atoms with Crippen LogP contribution in [0.15, 0.2) is 18.2 Å². The van der Waals surface area contributed by atoms with Gasteiger partial charge in [0.05, 0.1) is 6.04 Å². The van der Waals surface area contributed by atoms with Crippen LogP contribution in [0.1, 0.15) is 18.5 Å². The summed E-state index contributed by atoms with van der Waals surface area (Å²) in [5.74, 6) is 6.60. The average Bonchev–Trinajstić information content (AvgIpc) is 2.34. The smallest absolute Gasteiger partial charge is 0.130 e. The predicted molar refractivity (Wildman–Crippen MR) is 74.6 cm³/mol. The summed E-state index contributed by atoms with van der Waals surface area (Å²) >= 11 is 3.65. The minimum absolute atomic E-state index is 0.189. The van der Waals surface area contributed by atoms with Crippen LogP contribution in [0.3, 0.4) is 0 Å². The molecule has 1 saturated heterocycles. The fourth-order valence-electron chi connectivity index (χ4n) is 2.13. The molecule has 2 rings (SSSR count). The van der Waals surface area contributed by atoms with E-state index in [2.05, 4.69) is 12.3 Å². The highest BCUT2D eigenvalue weighted by Crippen LogP contribution is 2.38. The van der Waals surface area contributed by atoms with E-state index in [4.69, 9.17) is 5.84 Å². The van der Waals surface area contributed by atoms with Crippen molar-refractivity contribution in [3.8, 4) is 0 Å². The Morgan fingerprint density at radius 3 is 2.67 bits per heavy atom. The monoisotopic (exact) mass is 290 g/mol. The van der Waals surface area contributed by atoms with Crippen LogP contribution in [0.2, 0.25) is 0 Å². The molecule has 0 bridgehead atoms. The highest BCUT2D eigenvalue weighted by Gasteiger charge is 2.32. The van der Waals surface area contributed by atoms with Gasteiger partial charge in [0, 0.05) is 33.6 Å². The van der Waals surface area contributed by atoms with E-state index in [-0.39, 0.29) is 11.3 Å². The molecule has 1 aromatic rings. The summed E-state index contributed by atoms with van der Waals surface area (Å²) in [6, 6.07) is 3.36. The first-order valence-corrected chi connectivity index (χ1v) is 7.87. The Bertz CT molecular complexity index is 417. The molecule has 18 heavy (non-hydrogen) atoms. The van der Waals surface area contributed by atoms with Crippen LogP contribution in [0, 0.1) is 11.6 Å². The third-order valence-corrected chi connectivity index (χ3v) is 6.24. The Kier molecular flexibility index (Phi) is 4.89. The highest BCUT2D eigenvalue weighted by atomic mass is 32.2. The molecule has 0 spiro atoms. The molecule has 1 aliphatic heterocycles. The maximum Gasteiger partial charge on any atom is 0.130 e. The number of nitrogens with one attached hydrogen (secondary N) is 1. The Morgan fingerprint density at radius 2 is 2.06 bits per heavy atom. The fraction of sp³-hybridized carbons (Fsp3) is 0.500. The fourth-order valence-corrected chi connectivity index (χ4v) is 5.05. The molecular formula is C12H16F2N2S2. The van der Waals surface area contributed by atoms with Gasteiger partial charge >= 0.3 is 0 Å². The maximum absolute atomic E-state index is 13.8. The number of thioether (sulfide) groups is 2. The van der Waals surface area contributed by atoms with Gasteiger partial charge in [0.15, 0.2) is 0 Å². The van der Waals surface area contributed by atoms with Crippen LogP contribution in [-0.2, 0) is 0 Å². The minimum atomic E-state index is -0.564. The van der Waals surface area contributed by atoms with Gasteiger partial charge in [-0.1, -0.05) is 13.0 Å². The molecule has 3 atom stereocenters. The number of hydrogen-bond donors (Lipinski definition) is 2. The first kappa shape index (κ1) is 14.1. The van der Waals surface area contributed by atoms with Gasteiger partial charge in [-0.2, -0.15) is 23.5 Å². The first-order chi connectivity index (χ1) is 8.63. The SMILES string of the molecule is CC1SCCSC1C(NN)c1ccc(F)cc1F. The third-order valence-electron chi connectivity index (χ3n) is 3.04. The van der Waals surface area contributed by atoms with Gasteiger partial charge in [0.2, 0.25) is 0 Å². The van der Waals surface area contributed by atoms with Crippen LogP contribution in [0.5, 0.6) is 0 Å². The zero-order valence-corrected chi connectivity index (χ0v) is 11.7. The molecule has 3 N–H and O–H groups in total. The van der Waals surface area contributed by atoms with Crippen molar-refractivity contribution >= 4 is 23.5 Å². The second-order valence-corrected chi connectivity index (χ2v) is 6.99. The second-order valence-electron chi connectivity index (χ2n) is 4.22. The Morgan fingerprint density at radius 1 is 1.33 bits per heavy atom. The normalized spacial score (nSPS) is 26.0. The van der Waals surface area contributed by atoms with Gasteiger partial charge in [0.1, 0.15) is 11.6 Å². The number of nitrogens with two attached hydrogens (primary N) is 1. The third kappa shape index (κ3) is 2.99. The molecule has 0 saturated carbocycles. The summed E-state index contributed by atoms with van der Waals surface area (Å²) in [4.78, 5) is 0. The predicted octanol–water partition coefficient (Wildman–Crippen LogP) is 2.71. The summed E-state index contributed by atoms with van der Waals surface area (Å²) < 4.78 is 26.8.